The van der Waals surface area contributed by atoms with Crippen molar-refractivity contribution in [2.45, 2.75) is 25.3 Å². The molecule has 2 heterocycles. The van der Waals surface area contributed by atoms with Gasteiger partial charge in [-0.25, -0.2) is 4.79 Å². The molecule has 1 aliphatic heterocycles. The maximum atomic E-state index is 12.3. The van der Waals surface area contributed by atoms with E-state index >= 15 is 0 Å². The van der Waals surface area contributed by atoms with Crippen molar-refractivity contribution in [3.63, 3.8) is 0 Å². The Balaban J connectivity index is 2.32. The second-order valence-electron chi connectivity index (χ2n) is 4.48. The average Bonchev–Trinajstić information content (AvgIpc) is 2.84. The molecule has 6 nitrogen and oxygen atoms in total. The molecular weight excluding hydrogens is 222 g/mol. The quantitative estimate of drug-likeness (QED) is 0.812. The summed E-state index contributed by atoms with van der Waals surface area (Å²) in [4.78, 5) is 25.0. The van der Waals surface area contributed by atoms with Crippen LogP contribution in [0.5, 0.6) is 0 Å². The average molecular weight is 237 g/mol. The van der Waals surface area contributed by atoms with Crippen molar-refractivity contribution in [1.29, 1.82) is 0 Å². The number of carbonyl (C=O) groups excluding carboxylic acids is 1. The minimum absolute atomic E-state index is 0.271. The maximum Gasteiger partial charge on any atom is 0.329 e. The van der Waals surface area contributed by atoms with E-state index in [2.05, 4.69) is 5.10 Å². The van der Waals surface area contributed by atoms with Crippen LogP contribution in [0.25, 0.3) is 0 Å². The number of amides is 1. The van der Waals surface area contributed by atoms with Crippen molar-refractivity contribution in [3.05, 3.63) is 18.0 Å². The fraction of sp³-hybridized carbons (Fsp3) is 0.545. The minimum atomic E-state index is -1.10. The Morgan fingerprint density at radius 1 is 1.53 bits per heavy atom. The zero-order valence-corrected chi connectivity index (χ0v) is 9.88. The number of hydrogen-bond acceptors (Lipinski definition) is 3. The molecule has 0 aromatic carbocycles. The van der Waals surface area contributed by atoms with Crippen LogP contribution in [0.4, 0.5) is 0 Å². The number of aryl methyl sites for hydroxylation is 1. The van der Waals surface area contributed by atoms with E-state index < -0.39 is 11.5 Å². The molecule has 2 rings (SSSR count). The van der Waals surface area contributed by atoms with Gasteiger partial charge in [-0.2, -0.15) is 5.10 Å². The van der Waals surface area contributed by atoms with E-state index in [1.54, 1.807) is 20.0 Å². The Hall–Kier alpha value is -1.85. The van der Waals surface area contributed by atoms with E-state index in [4.69, 9.17) is 0 Å². The van der Waals surface area contributed by atoms with Crippen molar-refractivity contribution in [2.24, 2.45) is 7.05 Å². The Labute approximate surface area is 98.8 Å². The molecule has 1 fully saturated rings. The third kappa shape index (κ3) is 1.69. The largest absolute Gasteiger partial charge is 0.480 e. The maximum absolute atomic E-state index is 12.3. The number of hydrogen-bond donors (Lipinski definition) is 1. The number of rotatable bonds is 2. The highest BCUT2D eigenvalue weighted by Crippen LogP contribution is 2.30. The van der Waals surface area contributed by atoms with Crippen molar-refractivity contribution in [3.8, 4) is 0 Å². The highest BCUT2D eigenvalue weighted by molar-refractivity contribution is 5.96. The van der Waals surface area contributed by atoms with Gasteiger partial charge >= 0.3 is 5.97 Å². The van der Waals surface area contributed by atoms with Gasteiger partial charge < -0.3 is 10.0 Å². The molecule has 0 radical (unpaired) electrons. The molecule has 1 atom stereocenters. The second-order valence-corrected chi connectivity index (χ2v) is 4.48. The van der Waals surface area contributed by atoms with Crippen LogP contribution in [-0.4, -0.2) is 43.7 Å². The van der Waals surface area contributed by atoms with E-state index in [-0.39, 0.29) is 5.91 Å². The molecule has 6 heteroatoms. The first-order chi connectivity index (χ1) is 7.97. The lowest BCUT2D eigenvalue weighted by Crippen LogP contribution is -2.51. The number of carboxylic acids is 1. The highest BCUT2D eigenvalue weighted by Gasteiger charge is 2.46. The van der Waals surface area contributed by atoms with Crippen LogP contribution in [0.3, 0.4) is 0 Å². The Bertz CT molecular complexity index is 468. The summed E-state index contributed by atoms with van der Waals surface area (Å²) in [6.07, 6.45) is 2.74. The summed E-state index contributed by atoms with van der Waals surface area (Å²) in [5.74, 6) is -1.22. The zero-order chi connectivity index (χ0) is 12.6. The van der Waals surface area contributed by atoms with E-state index in [0.29, 0.717) is 25.1 Å². The smallest absolute Gasteiger partial charge is 0.329 e. The van der Waals surface area contributed by atoms with E-state index in [0.717, 1.165) is 0 Å². The molecule has 1 saturated heterocycles. The standard InChI is InChI=1S/C11H15N3O3/c1-11(10(16)17)5-3-7-14(11)9(15)8-4-6-12-13(8)2/h4,6H,3,5,7H2,1-2H3,(H,16,17). The fourth-order valence-electron chi connectivity index (χ4n) is 2.23. The van der Waals surface area contributed by atoms with Gasteiger partial charge in [0.1, 0.15) is 11.2 Å². The lowest BCUT2D eigenvalue weighted by molar-refractivity contribution is -0.147. The molecule has 0 bridgehead atoms. The van der Waals surface area contributed by atoms with Gasteiger partial charge in [0, 0.05) is 19.8 Å². The number of likely N-dealkylation sites (tertiary alicyclic amines) is 1. The molecule has 1 aliphatic rings. The lowest BCUT2D eigenvalue weighted by atomic mass is 9.99. The summed E-state index contributed by atoms with van der Waals surface area (Å²) in [7, 11) is 1.67. The van der Waals surface area contributed by atoms with Gasteiger partial charge in [0.15, 0.2) is 0 Å². The summed E-state index contributed by atoms with van der Waals surface area (Å²) in [5, 5.41) is 13.2. The molecule has 1 N–H and O–H groups in total. The van der Waals surface area contributed by atoms with Gasteiger partial charge in [0.05, 0.1) is 0 Å². The summed E-state index contributed by atoms with van der Waals surface area (Å²) in [6, 6.07) is 1.60. The fourth-order valence-corrected chi connectivity index (χ4v) is 2.23. The number of carboxylic acid groups (broad SMARTS) is 1. The third-order valence-electron chi connectivity index (χ3n) is 3.39. The third-order valence-corrected chi connectivity index (χ3v) is 3.39. The highest BCUT2D eigenvalue weighted by atomic mass is 16.4. The number of aromatic nitrogens is 2. The molecule has 1 aromatic heterocycles. The molecule has 1 amide bonds. The van der Waals surface area contributed by atoms with E-state index in [1.807, 2.05) is 0 Å². The normalized spacial score (nSPS) is 24.0. The number of nitrogens with zero attached hydrogens (tertiary/aromatic N) is 3. The zero-order valence-electron chi connectivity index (χ0n) is 9.88. The molecule has 92 valence electrons. The van der Waals surface area contributed by atoms with Crippen molar-refractivity contribution in [1.82, 2.24) is 14.7 Å². The minimum Gasteiger partial charge on any atom is -0.480 e. The number of aliphatic carboxylic acids is 1. The summed E-state index contributed by atoms with van der Waals surface area (Å²) < 4.78 is 1.46. The Morgan fingerprint density at radius 2 is 2.24 bits per heavy atom. The SMILES string of the molecule is Cn1nccc1C(=O)N1CCCC1(C)C(=O)O. The lowest BCUT2D eigenvalue weighted by Gasteiger charge is -2.31. The summed E-state index contributed by atoms with van der Waals surface area (Å²) >= 11 is 0. The van der Waals surface area contributed by atoms with Crippen LogP contribution < -0.4 is 0 Å². The molecule has 1 unspecified atom stereocenters. The van der Waals surface area contributed by atoms with Crippen molar-refractivity contribution >= 4 is 11.9 Å². The molecule has 17 heavy (non-hydrogen) atoms. The monoisotopic (exact) mass is 237 g/mol. The Morgan fingerprint density at radius 3 is 2.76 bits per heavy atom. The second kappa shape index (κ2) is 3.87. The van der Waals surface area contributed by atoms with Crippen LogP contribution >= 0.6 is 0 Å². The first-order valence-corrected chi connectivity index (χ1v) is 5.50. The first kappa shape index (κ1) is 11.6. The van der Waals surface area contributed by atoms with Gasteiger partial charge in [0.25, 0.3) is 5.91 Å². The van der Waals surface area contributed by atoms with Crippen molar-refractivity contribution < 1.29 is 14.7 Å². The molecule has 0 aliphatic carbocycles. The topological polar surface area (TPSA) is 75.4 Å². The predicted molar refractivity (Wildman–Crippen MR) is 59.5 cm³/mol. The van der Waals surface area contributed by atoms with Gasteiger partial charge in [-0.15, -0.1) is 0 Å². The summed E-state index contributed by atoms with van der Waals surface area (Å²) in [6.45, 7) is 2.07. The molecule has 0 spiro atoms. The number of carbonyl (C=O) groups is 2. The van der Waals surface area contributed by atoms with Crippen LogP contribution in [0.2, 0.25) is 0 Å². The van der Waals surface area contributed by atoms with E-state index in [1.165, 1.54) is 15.8 Å². The van der Waals surface area contributed by atoms with Crippen molar-refractivity contribution in [2.75, 3.05) is 6.54 Å². The van der Waals surface area contributed by atoms with E-state index in [9.17, 15) is 14.7 Å². The van der Waals surface area contributed by atoms with Crippen LogP contribution in [-0.2, 0) is 11.8 Å². The Kier molecular flexibility index (Phi) is 2.65. The first-order valence-electron chi connectivity index (χ1n) is 5.50. The van der Waals surface area contributed by atoms with Gasteiger partial charge in [-0.05, 0) is 25.8 Å². The van der Waals surface area contributed by atoms with Gasteiger partial charge in [0.2, 0.25) is 0 Å². The summed E-state index contributed by atoms with van der Waals surface area (Å²) in [5.41, 5.74) is -0.680. The van der Waals surface area contributed by atoms with Crippen LogP contribution in [0.15, 0.2) is 12.3 Å². The molecule has 0 saturated carbocycles. The van der Waals surface area contributed by atoms with Gasteiger partial charge in [-0.3, -0.25) is 9.48 Å². The molecular formula is C11H15N3O3. The van der Waals surface area contributed by atoms with Crippen LogP contribution in [0, 0.1) is 0 Å². The van der Waals surface area contributed by atoms with Crippen LogP contribution in [0.1, 0.15) is 30.3 Å². The predicted octanol–water partition coefficient (Wildman–Crippen LogP) is 0.499. The molecule has 1 aromatic rings. The van der Waals surface area contributed by atoms with Gasteiger partial charge in [-0.1, -0.05) is 0 Å².